The van der Waals surface area contributed by atoms with E-state index in [1.165, 1.54) is 75.1 Å². The maximum atomic E-state index is 2.44. The molecular formula is C68H46N2S. The van der Waals surface area contributed by atoms with Gasteiger partial charge in [-0.25, -0.2) is 0 Å². The summed E-state index contributed by atoms with van der Waals surface area (Å²) in [6.07, 6.45) is 0. The van der Waals surface area contributed by atoms with Crippen LogP contribution in [0, 0.1) is 0 Å². The minimum Gasteiger partial charge on any atom is -0.310 e. The quantitative estimate of drug-likeness (QED) is 0.135. The number of para-hydroxylation sites is 1. The molecule has 0 unspecified atom stereocenters. The van der Waals surface area contributed by atoms with E-state index in [2.05, 4.69) is 289 Å². The van der Waals surface area contributed by atoms with Gasteiger partial charge in [-0.3, -0.25) is 0 Å². The number of rotatable bonds is 10. The normalized spacial score (nSPS) is 11.4. The van der Waals surface area contributed by atoms with Crippen LogP contribution in [-0.4, -0.2) is 0 Å². The monoisotopic (exact) mass is 922 g/mol. The molecular weight excluding hydrogens is 877 g/mol. The van der Waals surface area contributed by atoms with E-state index in [1.54, 1.807) is 0 Å². The molecule has 13 rings (SSSR count). The molecule has 0 atom stereocenters. The maximum Gasteiger partial charge on any atom is 0.0540 e. The Morgan fingerprint density at radius 1 is 0.225 bits per heavy atom. The molecule has 0 fully saturated rings. The summed E-state index contributed by atoms with van der Waals surface area (Å²) in [4.78, 5) is 4.83. The molecule has 0 aliphatic carbocycles. The molecule has 0 N–H and O–H groups in total. The smallest absolute Gasteiger partial charge is 0.0540 e. The summed E-state index contributed by atoms with van der Waals surface area (Å²) >= 11 is 1.85. The topological polar surface area (TPSA) is 6.48 Å². The summed E-state index contributed by atoms with van der Waals surface area (Å²) < 4.78 is 2.56. The molecule has 0 spiro atoms. The summed E-state index contributed by atoms with van der Waals surface area (Å²) in [5.41, 5.74) is 15.9. The zero-order valence-corrected chi connectivity index (χ0v) is 39.7. The van der Waals surface area contributed by atoms with Crippen molar-refractivity contribution in [2.24, 2.45) is 0 Å². The Morgan fingerprint density at radius 3 is 1.55 bits per heavy atom. The number of hydrogen-bond acceptors (Lipinski definition) is 3. The van der Waals surface area contributed by atoms with E-state index in [1.807, 2.05) is 11.3 Å². The third-order valence-electron chi connectivity index (χ3n) is 13.8. The highest BCUT2D eigenvalue weighted by atomic mass is 32.1. The minimum atomic E-state index is 1.07. The molecule has 2 nitrogen and oxygen atoms in total. The lowest BCUT2D eigenvalue weighted by Gasteiger charge is -2.29. The first-order valence-electron chi connectivity index (χ1n) is 24.2. The second-order valence-corrected chi connectivity index (χ2v) is 19.2. The Bertz CT molecular complexity index is 4050. The summed E-state index contributed by atoms with van der Waals surface area (Å²) in [6, 6.07) is 102. The van der Waals surface area contributed by atoms with Crippen molar-refractivity contribution in [3.63, 3.8) is 0 Å². The van der Waals surface area contributed by atoms with Gasteiger partial charge >= 0.3 is 0 Å². The second-order valence-electron chi connectivity index (χ2n) is 18.1. The van der Waals surface area contributed by atoms with Crippen LogP contribution in [0.25, 0.3) is 86.2 Å². The van der Waals surface area contributed by atoms with Crippen molar-refractivity contribution in [3.8, 4) is 44.5 Å². The molecule has 0 aliphatic rings. The van der Waals surface area contributed by atoms with Gasteiger partial charge in [0.05, 0.1) is 5.69 Å². The number of fused-ring (bicyclic) bond motifs is 5. The van der Waals surface area contributed by atoms with E-state index in [4.69, 9.17) is 0 Å². The number of nitrogens with zero attached hydrogens (tertiary/aromatic N) is 2. The molecule has 1 heterocycles. The van der Waals surface area contributed by atoms with Crippen molar-refractivity contribution < 1.29 is 0 Å². The second kappa shape index (κ2) is 18.1. The molecule has 0 bridgehead atoms. The SMILES string of the molecule is c1ccc(-c2cccc(N(c3ccc4c(c3)sc3ccccc34)c3ccccc3-c3cccc(N(c4ccc(-c5ccc6ccccc6c5)cc4)c4ccc(-c5cccc6ccccc56)cc4)c3)c2)cc1. The summed E-state index contributed by atoms with van der Waals surface area (Å²) in [6.45, 7) is 0. The lowest BCUT2D eigenvalue weighted by atomic mass is 9.97. The standard InChI is InChI=1S/C68H46N2S/c1-2-15-47(16-3-1)53-21-12-24-59(44-53)70(60-41-42-65-64-27-9-11-30-67(64)71-68(65)46-60)66-29-10-8-26-63(66)55-22-13-23-58(45-55)69(56-37-33-49(34-38-56)54-32-31-48-17-4-5-19-52(48)43-54)57-39-35-51(36-40-57)62-28-14-20-50-18-6-7-25-61(50)62/h1-46H. The zero-order valence-electron chi connectivity index (χ0n) is 38.9. The molecule has 0 radical (unpaired) electrons. The summed E-state index contributed by atoms with van der Waals surface area (Å²) in [7, 11) is 0. The van der Waals surface area contributed by atoms with Gasteiger partial charge < -0.3 is 9.80 Å². The fraction of sp³-hybridized carbons (Fsp3) is 0. The number of anilines is 6. The van der Waals surface area contributed by atoms with Crippen LogP contribution in [0.2, 0.25) is 0 Å². The van der Waals surface area contributed by atoms with Gasteiger partial charge in [0, 0.05) is 54.2 Å². The molecule has 12 aromatic carbocycles. The van der Waals surface area contributed by atoms with E-state index in [9.17, 15) is 0 Å². The van der Waals surface area contributed by atoms with Crippen LogP contribution >= 0.6 is 11.3 Å². The molecule has 3 heteroatoms. The van der Waals surface area contributed by atoms with Crippen LogP contribution in [0.4, 0.5) is 34.1 Å². The van der Waals surface area contributed by atoms with Gasteiger partial charge in [0.1, 0.15) is 0 Å². The minimum absolute atomic E-state index is 1.07. The molecule has 1 aromatic heterocycles. The highest BCUT2D eigenvalue weighted by Crippen LogP contribution is 2.46. The van der Waals surface area contributed by atoms with Crippen LogP contribution < -0.4 is 9.80 Å². The molecule has 334 valence electrons. The van der Waals surface area contributed by atoms with Crippen LogP contribution in [0.1, 0.15) is 0 Å². The lowest BCUT2D eigenvalue weighted by Crippen LogP contribution is -2.12. The molecule has 0 saturated heterocycles. The first-order chi connectivity index (χ1) is 35.2. The van der Waals surface area contributed by atoms with Crippen molar-refractivity contribution in [2.75, 3.05) is 9.80 Å². The van der Waals surface area contributed by atoms with Gasteiger partial charge in [0.25, 0.3) is 0 Å². The molecule has 71 heavy (non-hydrogen) atoms. The van der Waals surface area contributed by atoms with E-state index in [0.29, 0.717) is 0 Å². The van der Waals surface area contributed by atoms with Crippen LogP contribution in [0.3, 0.4) is 0 Å². The van der Waals surface area contributed by atoms with Crippen LogP contribution in [0.5, 0.6) is 0 Å². The van der Waals surface area contributed by atoms with Gasteiger partial charge in [-0.15, -0.1) is 11.3 Å². The fourth-order valence-electron chi connectivity index (χ4n) is 10.3. The zero-order chi connectivity index (χ0) is 47.1. The fourth-order valence-corrected chi connectivity index (χ4v) is 11.5. The summed E-state index contributed by atoms with van der Waals surface area (Å²) in [5.74, 6) is 0. The molecule has 0 aliphatic heterocycles. The van der Waals surface area contributed by atoms with E-state index in [-0.39, 0.29) is 0 Å². The largest absolute Gasteiger partial charge is 0.310 e. The van der Waals surface area contributed by atoms with Gasteiger partial charge in [0.15, 0.2) is 0 Å². The Hall–Kier alpha value is -9.02. The third-order valence-corrected chi connectivity index (χ3v) is 15.0. The van der Waals surface area contributed by atoms with Crippen molar-refractivity contribution in [1.82, 2.24) is 0 Å². The molecule has 13 aromatic rings. The van der Waals surface area contributed by atoms with Gasteiger partial charge in [-0.2, -0.15) is 0 Å². The Labute approximate surface area is 418 Å². The Kier molecular flexibility index (Phi) is 10.8. The first-order valence-corrected chi connectivity index (χ1v) is 25.0. The first kappa shape index (κ1) is 42.1. The predicted octanol–water partition coefficient (Wildman–Crippen LogP) is 20.0. The lowest BCUT2D eigenvalue weighted by molar-refractivity contribution is 1.28. The molecule has 0 saturated carbocycles. The maximum absolute atomic E-state index is 2.44. The average molecular weight is 923 g/mol. The number of benzene rings is 12. The van der Waals surface area contributed by atoms with Crippen molar-refractivity contribution in [2.45, 2.75) is 0 Å². The highest BCUT2D eigenvalue weighted by Gasteiger charge is 2.21. The highest BCUT2D eigenvalue weighted by molar-refractivity contribution is 7.25. The van der Waals surface area contributed by atoms with Crippen molar-refractivity contribution >= 4 is 87.2 Å². The Balaban J connectivity index is 0.942. The predicted molar refractivity (Wildman–Crippen MR) is 305 cm³/mol. The van der Waals surface area contributed by atoms with E-state index >= 15 is 0 Å². The number of hydrogen-bond donors (Lipinski definition) is 0. The van der Waals surface area contributed by atoms with Crippen LogP contribution in [-0.2, 0) is 0 Å². The van der Waals surface area contributed by atoms with Gasteiger partial charge in [0.2, 0.25) is 0 Å². The Morgan fingerprint density at radius 2 is 0.732 bits per heavy atom. The number of thiophene rings is 1. The van der Waals surface area contributed by atoms with Gasteiger partial charge in [-0.05, 0) is 139 Å². The molecule has 0 amide bonds. The van der Waals surface area contributed by atoms with E-state index < -0.39 is 0 Å². The van der Waals surface area contributed by atoms with Crippen molar-refractivity contribution in [1.29, 1.82) is 0 Å². The van der Waals surface area contributed by atoms with E-state index in [0.717, 1.165) is 45.3 Å². The average Bonchev–Trinajstić information content (AvgIpc) is 3.82. The summed E-state index contributed by atoms with van der Waals surface area (Å²) in [5, 5.41) is 7.55. The van der Waals surface area contributed by atoms with Crippen LogP contribution in [0.15, 0.2) is 279 Å². The van der Waals surface area contributed by atoms with Crippen molar-refractivity contribution in [3.05, 3.63) is 279 Å². The van der Waals surface area contributed by atoms with Gasteiger partial charge in [-0.1, -0.05) is 200 Å². The third kappa shape index (κ3) is 7.99.